The predicted molar refractivity (Wildman–Crippen MR) is 165 cm³/mol. The number of fused-ring (bicyclic) bond motifs is 2. The fraction of sp³-hybridized carbons (Fsp3) is 0.516. The minimum absolute atomic E-state index is 0.0879. The molecule has 0 bridgehead atoms. The van der Waals surface area contributed by atoms with Gasteiger partial charge < -0.3 is 55.3 Å². The molecule has 5 rings (SSSR count). The molecule has 1 spiro atoms. The second kappa shape index (κ2) is 13.1. The van der Waals surface area contributed by atoms with Gasteiger partial charge in [0, 0.05) is 41.5 Å². The zero-order valence-corrected chi connectivity index (χ0v) is 26.7. The zero-order chi connectivity index (χ0) is 33.6. The van der Waals surface area contributed by atoms with Crippen LogP contribution in [0.4, 0.5) is 11.4 Å². The molecule has 2 aromatic carbocycles. The van der Waals surface area contributed by atoms with E-state index >= 15 is 0 Å². The maximum absolute atomic E-state index is 13.7. The standard InChI is InChI=1S/C31H41N3O11Si/c1-16-27(46(2,3)43)21(14-22(36)34(11-12-35)15-17-7-5-4-6-8-17)45-31(16)19-13-18(9-10-20(19)33-30(31)42)32-28(40)26-24(38)23(37)25(39)29(41)44-26/h4-10,13,16,21,23-27,29,35,37-39,41,43H,11-12,14-15H2,1-3H3,(H,32,40)(H,33,42)/t16-,21+,23+,24+,25-,26+,27-,29-,31+/m1/s1. The van der Waals surface area contributed by atoms with Crippen LogP contribution in [0, 0.1) is 5.92 Å². The number of amides is 3. The molecule has 0 radical (unpaired) electrons. The van der Waals surface area contributed by atoms with Crippen molar-refractivity contribution in [2.75, 3.05) is 23.8 Å². The van der Waals surface area contributed by atoms with Crippen LogP contribution < -0.4 is 10.6 Å². The molecule has 8 N–H and O–H groups in total. The molecule has 2 saturated heterocycles. The van der Waals surface area contributed by atoms with E-state index in [9.17, 15) is 44.7 Å². The first-order valence-corrected chi connectivity index (χ1v) is 18.2. The fourth-order valence-electron chi connectivity index (χ4n) is 6.98. The summed E-state index contributed by atoms with van der Waals surface area (Å²) in [6.07, 6.45) is -10.1. The highest BCUT2D eigenvalue weighted by Gasteiger charge is 2.65. The maximum Gasteiger partial charge on any atom is 0.261 e. The molecule has 3 aliphatic rings. The summed E-state index contributed by atoms with van der Waals surface area (Å²) in [4.78, 5) is 53.4. The summed E-state index contributed by atoms with van der Waals surface area (Å²) in [6, 6.07) is 13.9. The van der Waals surface area contributed by atoms with E-state index in [1.165, 1.54) is 17.0 Å². The third kappa shape index (κ3) is 6.22. The van der Waals surface area contributed by atoms with Gasteiger partial charge in [0.25, 0.3) is 11.8 Å². The van der Waals surface area contributed by atoms with Gasteiger partial charge >= 0.3 is 0 Å². The van der Waals surface area contributed by atoms with Crippen molar-refractivity contribution in [3.8, 4) is 0 Å². The molecular weight excluding hydrogens is 618 g/mol. The fourth-order valence-corrected chi connectivity index (χ4v) is 9.54. The summed E-state index contributed by atoms with van der Waals surface area (Å²) in [5.74, 6) is -2.31. The van der Waals surface area contributed by atoms with Crippen molar-refractivity contribution < 1.29 is 54.2 Å². The topological polar surface area (TPSA) is 218 Å². The Morgan fingerprint density at radius 2 is 1.74 bits per heavy atom. The Bertz CT molecular complexity index is 1460. The Hall–Kier alpha value is -3.25. The molecule has 0 unspecified atom stereocenters. The molecule has 0 aromatic heterocycles. The van der Waals surface area contributed by atoms with Gasteiger partial charge in [0.1, 0.15) is 18.3 Å². The Morgan fingerprint density at radius 1 is 1.04 bits per heavy atom. The van der Waals surface area contributed by atoms with Gasteiger partial charge in [0.15, 0.2) is 26.3 Å². The maximum atomic E-state index is 13.7. The number of hydrogen-bond donors (Lipinski definition) is 8. The molecule has 2 fully saturated rings. The molecule has 15 heteroatoms. The van der Waals surface area contributed by atoms with Crippen molar-refractivity contribution in [2.45, 2.75) is 80.9 Å². The Balaban J connectivity index is 1.42. The van der Waals surface area contributed by atoms with Crippen molar-refractivity contribution in [3.05, 3.63) is 59.7 Å². The van der Waals surface area contributed by atoms with Crippen LogP contribution in [-0.2, 0) is 36.0 Å². The Morgan fingerprint density at radius 3 is 2.39 bits per heavy atom. The quantitative estimate of drug-likeness (QED) is 0.162. The average Bonchev–Trinajstić information content (AvgIpc) is 3.46. The van der Waals surface area contributed by atoms with Crippen LogP contribution in [0.15, 0.2) is 48.5 Å². The molecule has 0 aliphatic carbocycles. The number of benzene rings is 2. The summed E-state index contributed by atoms with van der Waals surface area (Å²) in [6.45, 7) is 5.34. The SMILES string of the molecule is C[C@@H]1[C@@H]([Si](C)(C)O)[C@H](CC(=O)N(CCO)Cc2ccccc2)O[C@@]12C(=O)Nc1ccc(NC(=O)[C@H]3O[C@@H](O)[C@H](O)[C@@H](O)[C@@H]3O)cc12. The molecule has 46 heavy (non-hydrogen) atoms. The average molecular weight is 660 g/mol. The summed E-state index contributed by atoms with van der Waals surface area (Å²) < 4.78 is 11.6. The molecule has 3 aliphatic heterocycles. The van der Waals surface area contributed by atoms with Crippen LogP contribution >= 0.6 is 0 Å². The zero-order valence-electron chi connectivity index (χ0n) is 25.7. The number of nitrogens with zero attached hydrogens (tertiary/aromatic N) is 1. The second-order valence-electron chi connectivity index (χ2n) is 12.7. The smallest absolute Gasteiger partial charge is 0.261 e. The summed E-state index contributed by atoms with van der Waals surface area (Å²) in [7, 11) is -3.08. The number of anilines is 2. The summed E-state index contributed by atoms with van der Waals surface area (Å²) in [5.41, 5.74) is -0.337. The van der Waals surface area contributed by atoms with Crippen molar-refractivity contribution in [1.82, 2.24) is 4.90 Å². The minimum atomic E-state index is -3.08. The Labute approximate surface area is 266 Å². The lowest BCUT2D eigenvalue weighted by Crippen LogP contribution is -2.60. The highest BCUT2D eigenvalue weighted by Crippen LogP contribution is 2.58. The molecule has 9 atom stereocenters. The van der Waals surface area contributed by atoms with Gasteiger partial charge in [-0.15, -0.1) is 0 Å². The van der Waals surface area contributed by atoms with Crippen LogP contribution in [-0.4, -0.2) is 111 Å². The van der Waals surface area contributed by atoms with Gasteiger partial charge in [-0.3, -0.25) is 14.4 Å². The third-order valence-corrected chi connectivity index (χ3v) is 11.7. The number of rotatable bonds is 9. The van der Waals surface area contributed by atoms with Gasteiger partial charge in [0.05, 0.1) is 19.1 Å². The molecule has 2 aromatic rings. The van der Waals surface area contributed by atoms with Gasteiger partial charge in [-0.1, -0.05) is 37.3 Å². The molecule has 14 nitrogen and oxygen atoms in total. The molecule has 3 amide bonds. The van der Waals surface area contributed by atoms with E-state index in [1.807, 2.05) is 30.3 Å². The van der Waals surface area contributed by atoms with Gasteiger partial charge in [-0.25, -0.2) is 0 Å². The van der Waals surface area contributed by atoms with Crippen LogP contribution in [0.1, 0.15) is 24.5 Å². The van der Waals surface area contributed by atoms with Crippen LogP contribution in [0.3, 0.4) is 0 Å². The van der Waals surface area contributed by atoms with Gasteiger partial charge in [-0.2, -0.15) is 0 Å². The molecule has 0 saturated carbocycles. The Kier molecular flexibility index (Phi) is 9.71. The minimum Gasteiger partial charge on any atom is -0.432 e. The largest absolute Gasteiger partial charge is 0.432 e. The van der Waals surface area contributed by atoms with Crippen LogP contribution in [0.25, 0.3) is 0 Å². The summed E-state index contributed by atoms with van der Waals surface area (Å²) in [5, 5.41) is 54.9. The number of carbonyl (C=O) groups excluding carboxylic acids is 3. The van der Waals surface area contributed by atoms with Crippen molar-refractivity contribution in [3.63, 3.8) is 0 Å². The van der Waals surface area contributed by atoms with Crippen LogP contribution in [0.2, 0.25) is 18.6 Å². The van der Waals surface area contributed by atoms with E-state index in [0.29, 0.717) is 11.3 Å². The van der Waals surface area contributed by atoms with E-state index in [4.69, 9.17) is 9.47 Å². The normalized spacial score (nSPS) is 32.2. The number of ether oxygens (including phenoxy) is 2. The highest BCUT2D eigenvalue weighted by molar-refractivity contribution is 6.71. The number of hydrogen-bond acceptors (Lipinski definition) is 11. The van der Waals surface area contributed by atoms with Crippen molar-refractivity contribution in [2.24, 2.45) is 5.92 Å². The first-order valence-electron chi connectivity index (χ1n) is 15.2. The lowest BCUT2D eigenvalue weighted by Gasteiger charge is -2.37. The third-order valence-electron chi connectivity index (χ3n) is 9.17. The lowest BCUT2D eigenvalue weighted by molar-refractivity contribution is -0.274. The monoisotopic (exact) mass is 659 g/mol. The summed E-state index contributed by atoms with van der Waals surface area (Å²) >= 11 is 0. The van der Waals surface area contributed by atoms with Crippen molar-refractivity contribution in [1.29, 1.82) is 0 Å². The van der Waals surface area contributed by atoms with E-state index in [0.717, 1.165) is 5.56 Å². The lowest BCUT2D eigenvalue weighted by atomic mass is 9.82. The van der Waals surface area contributed by atoms with E-state index < -0.39 is 74.0 Å². The highest BCUT2D eigenvalue weighted by atomic mass is 28.4. The first-order chi connectivity index (χ1) is 21.7. The number of nitrogens with one attached hydrogen (secondary N) is 2. The van der Waals surface area contributed by atoms with Gasteiger partial charge in [-0.05, 0) is 36.9 Å². The molecule has 3 heterocycles. The van der Waals surface area contributed by atoms with Crippen molar-refractivity contribution >= 4 is 37.4 Å². The van der Waals surface area contributed by atoms with E-state index in [1.54, 1.807) is 26.1 Å². The van der Waals surface area contributed by atoms with Crippen LogP contribution in [0.5, 0.6) is 0 Å². The van der Waals surface area contributed by atoms with Gasteiger partial charge in [0.2, 0.25) is 5.91 Å². The number of aliphatic hydroxyl groups excluding tert-OH is 5. The number of carbonyl (C=O) groups is 3. The predicted octanol–water partition coefficient (Wildman–Crippen LogP) is -0.414. The molecular formula is C31H41N3O11Si. The second-order valence-corrected chi connectivity index (χ2v) is 16.7. The van der Waals surface area contributed by atoms with E-state index in [2.05, 4.69) is 10.6 Å². The first kappa shape index (κ1) is 34.1. The molecule has 250 valence electrons. The number of aliphatic hydroxyl groups is 5. The van der Waals surface area contributed by atoms with E-state index in [-0.39, 0.29) is 37.7 Å².